The highest BCUT2D eigenvalue weighted by molar-refractivity contribution is 5.74. The molecule has 0 unspecified atom stereocenters. The van der Waals surface area contributed by atoms with E-state index in [-0.39, 0.29) is 18.1 Å². The summed E-state index contributed by atoms with van der Waals surface area (Å²) in [5.74, 6) is 0.922. The third kappa shape index (κ3) is 3.02. The van der Waals surface area contributed by atoms with E-state index < -0.39 is 0 Å². The van der Waals surface area contributed by atoms with Gasteiger partial charge in [-0.05, 0) is 42.9 Å². The molecule has 0 saturated carbocycles. The van der Waals surface area contributed by atoms with Crippen molar-refractivity contribution >= 4 is 6.03 Å². The molecule has 1 aliphatic carbocycles. The quantitative estimate of drug-likeness (QED) is 0.787. The standard InChI is InChI=1S/C17H20N4O2/c22-17(19-13-5-6-15-12(8-13)9-18-21-15)20-14-7-11-3-1-2-4-16(11)23-10-14/h1-4,9,13-14H,5-8,10H2,(H,18,21)(H2,19,20,22)/t13-,14+/m1/s1. The summed E-state index contributed by atoms with van der Waals surface area (Å²) in [5.41, 5.74) is 3.54. The van der Waals surface area contributed by atoms with Gasteiger partial charge in [0.2, 0.25) is 0 Å². The highest BCUT2D eigenvalue weighted by atomic mass is 16.5. The number of aromatic amines is 1. The van der Waals surface area contributed by atoms with Gasteiger partial charge < -0.3 is 15.4 Å². The molecule has 1 aliphatic heterocycles. The van der Waals surface area contributed by atoms with Gasteiger partial charge in [-0.15, -0.1) is 0 Å². The summed E-state index contributed by atoms with van der Waals surface area (Å²) >= 11 is 0. The van der Waals surface area contributed by atoms with Crippen molar-refractivity contribution in [3.63, 3.8) is 0 Å². The number of ether oxygens (including phenoxy) is 1. The van der Waals surface area contributed by atoms with Crippen LogP contribution >= 0.6 is 0 Å². The summed E-state index contributed by atoms with van der Waals surface area (Å²) in [7, 11) is 0. The van der Waals surface area contributed by atoms with Gasteiger partial charge in [-0.25, -0.2) is 4.79 Å². The van der Waals surface area contributed by atoms with Crippen LogP contribution in [0.5, 0.6) is 5.75 Å². The molecule has 0 spiro atoms. The van der Waals surface area contributed by atoms with Crippen LogP contribution in [0, 0.1) is 0 Å². The summed E-state index contributed by atoms with van der Waals surface area (Å²) in [6.07, 6.45) is 5.36. The average Bonchev–Trinajstić information content (AvgIpc) is 3.02. The van der Waals surface area contributed by atoms with E-state index in [1.807, 2.05) is 30.5 Å². The molecule has 4 rings (SSSR count). The molecule has 23 heavy (non-hydrogen) atoms. The first-order chi connectivity index (χ1) is 11.3. The van der Waals surface area contributed by atoms with Crippen molar-refractivity contribution in [1.29, 1.82) is 0 Å². The Morgan fingerprint density at radius 2 is 2.00 bits per heavy atom. The minimum absolute atomic E-state index is 0.0120. The predicted octanol–water partition coefficient (Wildman–Crippen LogP) is 1.57. The smallest absolute Gasteiger partial charge is 0.315 e. The molecule has 2 heterocycles. The first-order valence-corrected chi connectivity index (χ1v) is 8.07. The lowest BCUT2D eigenvalue weighted by atomic mass is 9.94. The van der Waals surface area contributed by atoms with Crippen LogP contribution in [0.15, 0.2) is 30.5 Å². The fourth-order valence-electron chi connectivity index (χ4n) is 3.37. The Morgan fingerprint density at radius 3 is 2.96 bits per heavy atom. The SMILES string of the molecule is O=C(N[C@@H]1COc2ccccc2C1)N[C@@H]1CCc2[nH]ncc2C1. The van der Waals surface area contributed by atoms with Gasteiger partial charge in [-0.1, -0.05) is 18.2 Å². The lowest BCUT2D eigenvalue weighted by molar-refractivity contribution is 0.211. The number of aryl methyl sites for hydroxylation is 1. The first-order valence-electron chi connectivity index (χ1n) is 8.07. The highest BCUT2D eigenvalue weighted by Crippen LogP contribution is 2.24. The van der Waals surface area contributed by atoms with Crippen molar-refractivity contribution in [2.45, 2.75) is 37.8 Å². The fraction of sp³-hybridized carbons (Fsp3) is 0.412. The third-order valence-corrected chi connectivity index (χ3v) is 4.57. The van der Waals surface area contributed by atoms with E-state index in [9.17, 15) is 4.79 Å². The average molecular weight is 312 g/mol. The number of nitrogens with one attached hydrogen (secondary N) is 3. The molecule has 6 heteroatoms. The van der Waals surface area contributed by atoms with Gasteiger partial charge >= 0.3 is 6.03 Å². The molecule has 0 radical (unpaired) electrons. The number of amides is 2. The van der Waals surface area contributed by atoms with Crippen LogP contribution in [-0.2, 0) is 19.3 Å². The molecule has 1 aromatic heterocycles. The summed E-state index contributed by atoms with van der Waals surface area (Å²) in [6, 6.07) is 8.03. The van der Waals surface area contributed by atoms with Crippen LogP contribution in [0.25, 0.3) is 0 Å². The zero-order valence-corrected chi connectivity index (χ0v) is 12.8. The number of H-pyrrole nitrogens is 1. The zero-order chi connectivity index (χ0) is 15.6. The normalized spacial score (nSPS) is 22.4. The van der Waals surface area contributed by atoms with Gasteiger partial charge in [0.1, 0.15) is 12.4 Å². The van der Waals surface area contributed by atoms with Crippen LogP contribution < -0.4 is 15.4 Å². The number of para-hydroxylation sites is 1. The van der Waals surface area contributed by atoms with Crippen LogP contribution in [0.4, 0.5) is 4.79 Å². The molecule has 1 aromatic carbocycles. The Balaban J connectivity index is 1.31. The molecular weight excluding hydrogens is 292 g/mol. The van der Waals surface area contributed by atoms with Gasteiger partial charge in [0.15, 0.2) is 0 Å². The Labute approximate surface area is 134 Å². The summed E-state index contributed by atoms with van der Waals surface area (Å²) in [5, 5.41) is 13.2. The summed E-state index contributed by atoms with van der Waals surface area (Å²) in [4.78, 5) is 12.2. The van der Waals surface area contributed by atoms with Crippen molar-refractivity contribution in [3.05, 3.63) is 47.3 Å². The van der Waals surface area contributed by atoms with Crippen molar-refractivity contribution in [2.75, 3.05) is 6.61 Å². The van der Waals surface area contributed by atoms with E-state index in [4.69, 9.17) is 4.74 Å². The van der Waals surface area contributed by atoms with Crippen molar-refractivity contribution in [2.24, 2.45) is 0 Å². The highest BCUT2D eigenvalue weighted by Gasteiger charge is 2.24. The van der Waals surface area contributed by atoms with E-state index in [0.717, 1.165) is 37.0 Å². The lowest BCUT2D eigenvalue weighted by Crippen LogP contribution is -2.50. The van der Waals surface area contributed by atoms with Gasteiger partial charge in [0.05, 0.1) is 12.2 Å². The Hall–Kier alpha value is -2.50. The maximum atomic E-state index is 12.2. The maximum absolute atomic E-state index is 12.2. The molecule has 6 nitrogen and oxygen atoms in total. The largest absolute Gasteiger partial charge is 0.491 e. The second-order valence-electron chi connectivity index (χ2n) is 6.25. The van der Waals surface area contributed by atoms with Crippen LogP contribution in [0.2, 0.25) is 0 Å². The zero-order valence-electron chi connectivity index (χ0n) is 12.8. The lowest BCUT2D eigenvalue weighted by Gasteiger charge is -2.28. The molecule has 0 bridgehead atoms. The number of aromatic nitrogens is 2. The number of benzene rings is 1. The molecule has 3 N–H and O–H groups in total. The number of carbonyl (C=O) groups is 1. The minimum Gasteiger partial charge on any atom is -0.491 e. The number of fused-ring (bicyclic) bond motifs is 2. The van der Waals surface area contributed by atoms with Crippen LogP contribution in [0.3, 0.4) is 0 Å². The summed E-state index contributed by atoms with van der Waals surface area (Å²) in [6.45, 7) is 0.515. The monoisotopic (exact) mass is 312 g/mol. The van der Waals surface area contributed by atoms with Crippen LogP contribution in [-0.4, -0.2) is 34.9 Å². The minimum atomic E-state index is -0.116. The molecule has 0 fully saturated rings. The molecular formula is C17H20N4O2. The van der Waals surface area contributed by atoms with Crippen molar-refractivity contribution in [1.82, 2.24) is 20.8 Å². The van der Waals surface area contributed by atoms with Crippen molar-refractivity contribution < 1.29 is 9.53 Å². The van der Waals surface area contributed by atoms with Gasteiger partial charge in [0.25, 0.3) is 0 Å². The number of rotatable bonds is 2. The molecule has 2 aliphatic rings. The van der Waals surface area contributed by atoms with Gasteiger partial charge in [-0.3, -0.25) is 5.10 Å². The number of carbonyl (C=O) groups excluding carboxylic acids is 1. The van der Waals surface area contributed by atoms with Gasteiger partial charge in [-0.2, -0.15) is 5.10 Å². The van der Waals surface area contributed by atoms with E-state index in [1.54, 1.807) is 0 Å². The number of hydrogen-bond acceptors (Lipinski definition) is 3. The number of nitrogens with zero attached hydrogens (tertiary/aromatic N) is 1. The Kier molecular flexibility index (Phi) is 3.65. The molecule has 2 atom stereocenters. The molecule has 0 saturated heterocycles. The Bertz CT molecular complexity index is 712. The topological polar surface area (TPSA) is 79.0 Å². The van der Waals surface area contributed by atoms with Crippen molar-refractivity contribution in [3.8, 4) is 5.75 Å². The number of hydrogen-bond donors (Lipinski definition) is 3. The van der Waals surface area contributed by atoms with E-state index in [1.165, 1.54) is 11.3 Å². The van der Waals surface area contributed by atoms with E-state index in [2.05, 4.69) is 20.8 Å². The fourth-order valence-corrected chi connectivity index (χ4v) is 3.37. The maximum Gasteiger partial charge on any atom is 0.315 e. The predicted molar refractivity (Wildman–Crippen MR) is 85.5 cm³/mol. The number of urea groups is 1. The third-order valence-electron chi connectivity index (χ3n) is 4.57. The van der Waals surface area contributed by atoms with E-state index >= 15 is 0 Å². The second kappa shape index (κ2) is 5.95. The molecule has 2 amide bonds. The van der Waals surface area contributed by atoms with E-state index in [0.29, 0.717) is 6.61 Å². The second-order valence-corrected chi connectivity index (χ2v) is 6.25. The first kappa shape index (κ1) is 14.1. The Morgan fingerprint density at radius 1 is 1.17 bits per heavy atom. The molecule has 120 valence electrons. The van der Waals surface area contributed by atoms with Gasteiger partial charge in [0, 0.05) is 11.7 Å². The van der Waals surface area contributed by atoms with Crippen LogP contribution in [0.1, 0.15) is 23.2 Å². The molecule has 2 aromatic rings. The summed E-state index contributed by atoms with van der Waals surface area (Å²) < 4.78 is 5.71.